The molecule has 0 radical (unpaired) electrons. The van der Waals surface area contributed by atoms with Crippen molar-refractivity contribution in [1.82, 2.24) is 24.6 Å². The molecule has 0 atom stereocenters. The summed E-state index contributed by atoms with van der Waals surface area (Å²) in [6.45, 7) is 5.12. The summed E-state index contributed by atoms with van der Waals surface area (Å²) in [7, 11) is 4.22. The number of likely N-dealkylation sites (N-methyl/N-ethyl adjacent to an activating group) is 1. The largest absolute Gasteiger partial charge is 0.308 e. The lowest BCUT2D eigenvalue weighted by molar-refractivity contribution is 0.215. The Hall–Kier alpha value is -1.37. The number of rotatable bonds is 4. The Bertz CT molecular complexity index is 622. The first-order valence-corrected chi connectivity index (χ1v) is 8.13. The molecule has 1 aromatic heterocycles. The highest BCUT2D eigenvalue weighted by atomic mass is 32.2. The van der Waals surface area contributed by atoms with Crippen molar-refractivity contribution in [1.29, 1.82) is 0 Å². The molecule has 5 nitrogen and oxygen atoms in total. The fraction of sp³-hybridized carbons (Fsp3) is 0.467. The Morgan fingerprint density at radius 1 is 1.24 bits per heavy atom. The number of aryl methyl sites for hydroxylation is 1. The Balaban J connectivity index is 1.84. The predicted molar refractivity (Wildman–Crippen MR) is 86.2 cm³/mol. The molecule has 21 heavy (non-hydrogen) atoms. The van der Waals surface area contributed by atoms with Crippen LogP contribution in [0.1, 0.15) is 5.56 Å². The van der Waals surface area contributed by atoms with Gasteiger partial charge in [-0.25, -0.2) is 0 Å². The maximum absolute atomic E-state index is 4.41. The minimum absolute atomic E-state index is 0.868. The number of hydrogen-bond donors (Lipinski definition) is 0. The summed E-state index contributed by atoms with van der Waals surface area (Å²) in [5, 5.41) is 9.78. The summed E-state index contributed by atoms with van der Waals surface area (Å²) in [6.07, 6.45) is 0. The maximum atomic E-state index is 4.41. The van der Waals surface area contributed by atoms with Crippen LogP contribution in [0.25, 0.3) is 11.4 Å². The number of nitrogens with zero attached hydrogens (tertiary/aromatic N) is 5. The molecule has 1 aliphatic rings. The van der Waals surface area contributed by atoms with Crippen molar-refractivity contribution in [2.24, 2.45) is 0 Å². The lowest BCUT2D eigenvalue weighted by Gasteiger charge is -2.28. The number of aromatic nitrogens is 3. The molecule has 0 N–H and O–H groups in total. The summed E-state index contributed by atoms with van der Waals surface area (Å²) in [4.78, 5) is 4.65. The quantitative estimate of drug-likeness (QED) is 0.865. The molecule has 0 saturated carbocycles. The van der Waals surface area contributed by atoms with Crippen LogP contribution in [0.4, 0.5) is 0 Å². The monoisotopic (exact) mass is 303 g/mol. The zero-order valence-electron chi connectivity index (χ0n) is 12.8. The molecule has 0 amide bonds. The summed E-state index contributed by atoms with van der Waals surface area (Å²) in [5.74, 6) is 1.96. The molecule has 2 heterocycles. The van der Waals surface area contributed by atoms with Gasteiger partial charge >= 0.3 is 0 Å². The minimum atomic E-state index is 0.868. The van der Waals surface area contributed by atoms with E-state index in [0.29, 0.717) is 0 Å². The average molecular weight is 303 g/mol. The number of thioether (sulfide) groups is 1. The van der Waals surface area contributed by atoms with Crippen molar-refractivity contribution in [3.05, 3.63) is 29.8 Å². The average Bonchev–Trinajstić information content (AvgIpc) is 2.88. The lowest BCUT2D eigenvalue weighted by atomic mass is 10.1. The minimum Gasteiger partial charge on any atom is -0.308 e. The van der Waals surface area contributed by atoms with Crippen molar-refractivity contribution in [2.45, 2.75) is 18.7 Å². The molecular formula is C15H21N5S. The molecule has 6 heteroatoms. The van der Waals surface area contributed by atoms with E-state index in [1.54, 1.807) is 11.8 Å². The van der Waals surface area contributed by atoms with Gasteiger partial charge in [0.25, 0.3) is 0 Å². The summed E-state index contributed by atoms with van der Waals surface area (Å²) >= 11 is 1.77. The fourth-order valence-corrected chi connectivity index (χ4v) is 3.32. The van der Waals surface area contributed by atoms with Gasteiger partial charge in [0.05, 0.1) is 12.5 Å². The second kappa shape index (κ2) is 6.17. The zero-order valence-corrected chi connectivity index (χ0v) is 13.6. The van der Waals surface area contributed by atoms with E-state index >= 15 is 0 Å². The van der Waals surface area contributed by atoms with Gasteiger partial charge < -0.3 is 4.90 Å². The van der Waals surface area contributed by atoms with Gasteiger partial charge in [0, 0.05) is 18.7 Å². The first-order chi connectivity index (χ1) is 10.1. The standard InChI is InChI=1S/C15H21N5S/c1-12-6-4-5-7-13(12)14-16-17-15-20(14)10-19(11-21-15)9-8-18(2)3/h4-7H,8-11H2,1-3H3. The van der Waals surface area contributed by atoms with E-state index in [2.05, 4.69) is 69.8 Å². The molecule has 0 fully saturated rings. The molecule has 2 aromatic rings. The van der Waals surface area contributed by atoms with Crippen LogP contribution in [0.2, 0.25) is 0 Å². The van der Waals surface area contributed by atoms with Crippen LogP contribution >= 0.6 is 11.8 Å². The summed E-state index contributed by atoms with van der Waals surface area (Å²) in [6, 6.07) is 8.36. The van der Waals surface area contributed by atoms with Crippen LogP contribution < -0.4 is 0 Å². The number of hydrogen-bond acceptors (Lipinski definition) is 5. The lowest BCUT2D eigenvalue weighted by Crippen LogP contribution is -2.35. The molecule has 0 bridgehead atoms. The molecule has 1 aromatic carbocycles. The molecule has 1 aliphatic heterocycles. The van der Waals surface area contributed by atoms with Gasteiger partial charge in [-0.05, 0) is 26.6 Å². The third-order valence-electron chi connectivity index (χ3n) is 3.68. The van der Waals surface area contributed by atoms with Crippen molar-refractivity contribution < 1.29 is 0 Å². The SMILES string of the molecule is Cc1ccccc1-c1nnc2n1CN(CCN(C)C)CS2. The van der Waals surface area contributed by atoms with Gasteiger partial charge in [-0.15, -0.1) is 10.2 Å². The van der Waals surface area contributed by atoms with Crippen LogP contribution in [0.5, 0.6) is 0 Å². The smallest absolute Gasteiger partial charge is 0.193 e. The highest BCUT2D eigenvalue weighted by molar-refractivity contribution is 7.99. The predicted octanol–water partition coefficient (Wildman–Crippen LogP) is 2.14. The molecule has 0 unspecified atom stereocenters. The zero-order chi connectivity index (χ0) is 14.8. The normalized spacial score (nSPS) is 15.4. The molecule has 0 saturated heterocycles. The molecule has 3 rings (SSSR count). The molecular weight excluding hydrogens is 282 g/mol. The van der Waals surface area contributed by atoms with E-state index in [1.807, 2.05) is 0 Å². The molecule has 112 valence electrons. The second-order valence-corrected chi connectivity index (χ2v) is 6.57. The van der Waals surface area contributed by atoms with Crippen molar-refractivity contribution in [2.75, 3.05) is 33.1 Å². The van der Waals surface area contributed by atoms with Crippen LogP contribution in [-0.4, -0.2) is 57.6 Å². The molecule has 0 aliphatic carbocycles. The van der Waals surface area contributed by atoms with E-state index in [4.69, 9.17) is 0 Å². The summed E-state index contributed by atoms with van der Waals surface area (Å²) in [5.41, 5.74) is 2.41. The number of fused-ring (bicyclic) bond motifs is 1. The second-order valence-electron chi connectivity index (χ2n) is 5.66. The Morgan fingerprint density at radius 2 is 2.05 bits per heavy atom. The van der Waals surface area contributed by atoms with Gasteiger partial charge in [-0.1, -0.05) is 36.0 Å². The highest BCUT2D eigenvalue weighted by Gasteiger charge is 2.22. The van der Waals surface area contributed by atoms with Crippen LogP contribution in [0.15, 0.2) is 29.4 Å². The van der Waals surface area contributed by atoms with Gasteiger partial charge in [0.1, 0.15) is 0 Å². The topological polar surface area (TPSA) is 37.2 Å². The van der Waals surface area contributed by atoms with Gasteiger partial charge in [0.15, 0.2) is 11.0 Å². The highest BCUT2D eigenvalue weighted by Crippen LogP contribution is 2.29. The first-order valence-electron chi connectivity index (χ1n) is 7.14. The Labute approximate surface area is 130 Å². The third kappa shape index (κ3) is 3.12. The van der Waals surface area contributed by atoms with Crippen molar-refractivity contribution in [3.8, 4) is 11.4 Å². The van der Waals surface area contributed by atoms with Gasteiger partial charge in [-0.2, -0.15) is 0 Å². The first kappa shape index (κ1) is 14.6. The van der Waals surface area contributed by atoms with Crippen LogP contribution in [0.3, 0.4) is 0 Å². The van der Waals surface area contributed by atoms with E-state index < -0.39 is 0 Å². The van der Waals surface area contributed by atoms with E-state index in [-0.39, 0.29) is 0 Å². The van der Waals surface area contributed by atoms with Gasteiger partial charge in [-0.3, -0.25) is 9.47 Å². The van der Waals surface area contributed by atoms with Crippen LogP contribution in [0, 0.1) is 6.92 Å². The third-order valence-corrected chi connectivity index (χ3v) is 4.74. The van der Waals surface area contributed by atoms with Gasteiger partial charge in [0.2, 0.25) is 0 Å². The molecule has 0 spiro atoms. The van der Waals surface area contributed by atoms with E-state index in [9.17, 15) is 0 Å². The Kier molecular flexibility index (Phi) is 4.28. The van der Waals surface area contributed by atoms with Crippen LogP contribution in [-0.2, 0) is 6.67 Å². The van der Waals surface area contributed by atoms with Crippen molar-refractivity contribution >= 4 is 11.8 Å². The number of benzene rings is 1. The summed E-state index contributed by atoms with van der Waals surface area (Å²) < 4.78 is 2.23. The van der Waals surface area contributed by atoms with Crippen molar-refractivity contribution in [3.63, 3.8) is 0 Å². The van der Waals surface area contributed by atoms with E-state index in [1.165, 1.54) is 11.1 Å². The Morgan fingerprint density at radius 3 is 2.81 bits per heavy atom. The van der Waals surface area contributed by atoms with E-state index in [0.717, 1.165) is 36.6 Å². The maximum Gasteiger partial charge on any atom is 0.193 e. The fourth-order valence-electron chi connectivity index (χ4n) is 2.41.